The Morgan fingerprint density at radius 3 is 2.52 bits per heavy atom. The summed E-state index contributed by atoms with van der Waals surface area (Å²) in [6, 6.07) is 13.0. The molecule has 0 fully saturated rings. The van der Waals surface area contributed by atoms with E-state index in [0.717, 1.165) is 38.0 Å². The van der Waals surface area contributed by atoms with Crippen molar-refractivity contribution in [3.05, 3.63) is 64.2 Å². The standard InChI is InChI=1S/C19H21NO/c21-19-11-16-7-3-6-15(16)10-18(19)13-20-9-8-14-4-1-2-5-17(14)12-20/h1-2,4-5,10-11,21H,3,6-9,12-13H2/p+1. The monoisotopic (exact) mass is 280 g/mol. The fraction of sp³-hybridized carbons (Fsp3) is 0.368. The van der Waals surface area contributed by atoms with E-state index in [1.807, 2.05) is 6.07 Å². The molecule has 4 rings (SSSR count). The van der Waals surface area contributed by atoms with Gasteiger partial charge in [-0.3, -0.25) is 0 Å². The minimum Gasteiger partial charge on any atom is -0.507 e. The van der Waals surface area contributed by atoms with Gasteiger partial charge < -0.3 is 10.0 Å². The molecular formula is C19H22NO+. The summed E-state index contributed by atoms with van der Waals surface area (Å²) in [5.41, 5.74) is 6.92. The molecule has 2 N–H and O–H groups in total. The van der Waals surface area contributed by atoms with Crippen LogP contribution in [0.4, 0.5) is 0 Å². The van der Waals surface area contributed by atoms with Crippen molar-refractivity contribution in [2.24, 2.45) is 0 Å². The SMILES string of the molecule is Oc1cc2c(cc1C[NH+]1CCc3ccccc3C1)CCC2. The van der Waals surface area contributed by atoms with Gasteiger partial charge in [0.1, 0.15) is 18.8 Å². The van der Waals surface area contributed by atoms with Crippen LogP contribution in [0.2, 0.25) is 0 Å². The number of nitrogens with one attached hydrogen (secondary N) is 1. The molecular weight excluding hydrogens is 258 g/mol. The van der Waals surface area contributed by atoms with Crippen LogP contribution in [0.1, 0.15) is 34.2 Å². The van der Waals surface area contributed by atoms with Crippen LogP contribution in [0, 0.1) is 0 Å². The van der Waals surface area contributed by atoms with Crippen molar-refractivity contribution in [1.82, 2.24) is 0 Å². The van der Waals surface area contributed by atoms with Gasteiger partial charge >= 0.3 is 0 Å². The Kier molecular flexibility index (Phi) is 3.19. The van der Waals surface area contributed by atoms with Gasteiger partial charge in [0.05, 0.1) is 6.54 Å². The highest BCUT2D eigenvalue weighted by Crippen LogP contribution is 2.28. The van der Waals surface area contributed by atoms with E-state index in [1.54, 1.807) is 4.90 Å². The number of phenolic OH excluding ortho intramolecular Hbond substituents is 1. The summed E-state index contributed by atoms with van der Waals surface area (Å²) in [7, 11) is 0. The van der Waals surface area contributed by atoms with Gasteiger partial charge in [0.2, 0.25) is 0 Å². The van der Waals surface area contributed by atoms with Crippen molar-refractivity contribution in [2.45, 2.75) is 38.8 Å². The van der Waals surface area contributed by atoms with Crippen molar-refractivity contribution >= 4 is 0 Å². The second-order valence-electron chi connectivity index (χ2n) is 6.48. The highest BCUT2D eigenvalue weighted by molar-refractivity contribution is 5.43. The van der Waals surface area contributed by atoms with Crippen molar-refractivity contribution in [3.8, 4) is 5.75 Å². The van der Waals surface area contributed by atoms with Crippen molar-refractivity contribution in [1.29, 1.82) is 0 Å². The third kappa shape index (κ3) is 2.44. The Morgan fingerprint density at radius 1 is 0.905 bits per heavy atom. The zero-order valence-corrected chi connectivity index (χ0v) is 12.4. The smallest absolute Gasteiger partial charge is 0.124 e. The molecule has 0 radical (unpaired) electrons. The van der Waals surface area contributed by atoms with Crippen LogP contribution in [0.25, 0.3) is 0 Å². The van der Waals surface area contributed by atoms with Crippen LogP contribution in [-0.4, -0.2) is 11.7 Å². The fourth-order valence-electron chi connectivity index (χ4n) is 3.87. The maximum Gasteiger partial charge on any atom is 0.124 e. The predicted molar refractivity (Wildman–Crippen MR) is 83.5 cm³/mol. The molecule has 0 saturated carbocycles. The quantitative estimate of drug-likeness (QED) is 0.864. The van der Waals surface area contributed by atoms with Crippen LogP contribution in [0.5, 0.6) is 5.75 Å². The van der Waals surface area contributed by atoms with E-state index in [-0.39, 0.29) is 0 Å². The minimum atomic E-state index is 0.502. The van der Waals surface area contributed by atoms with E-state index in [9.17, 15) is 5.11 Å². The first-order valence-corrected chi connectivity index (χ1v) is 8.03. The molecule has 1 atom stereocenters. The molecule has 2 heteroatoms. The molecule has 2 nitrogen and oxygen atoms in total. The van der Waals surface area contributed by atoms with Gasteiger partial charge in [0, 0.05) is 17.5 Å². The molecule has 2 aromatic carbocycles. The molecule has 0 saturated heterocycles. The first-order chi connectivity index (χ1) is 10.3. The lowest BCUT2D eigenvalue weighted by atomic mass is 9.99. The van der Waals surface area contributed by atoms with Gasteiger partial charge in [-0.15, -0.1) is 0 Å². The fourth-order valence-corrected chi connectivity index (χ4v) is 3.87. The number of aryl methyl sites for hydroxylation is 2. The lowest BCUT2D eigenvalue weighted by molar-refractivity contribution is -0.929. The van der Waals surface area contributed by atoms with Crippen LogP contribution in [0.3, 0.4) is 0 Å². The third-order valence-electron chi connectivity index (χ3n) is 5.04. The second kappa shape index (κ2) is 5.19. The van der Waals surface area contributed by atoms with E-state index >= 15 is 0 Å². The Bertz CT molecular complexity index is 677. The van der Waals surface area contributed by atoms with E-state index in [1.165, 1.54) is 35.1 Å². The van der Waals surface area contributed by atoms with E-state index in [0.29, 0.717) is 5.75 Å². The molecule has 0 amide bonds. The van der Waals surface area contributed by atoms with Crippen LogP contribution >= 0.6 is 0 Å². The Labute approximate surface area is 126 Å². The molecule has 108 valence electrons. The molecule has 2 aliphatic rings. The summed E-state index contributed by atoms with van der Waals surface area (Å²) < 4.78 is 0. The molecule has 0 bridgehead atoms. The maximum atomic E-state index is 10.3. The van der Waals surface area contributed by atoms with Gasteiger partial charge in [-0.2, -0.15) is 0 Å². The number of fused-ring (bicyclic) bond motifs is 2. The predicted octanol–water partition coefficient (Wildman–Crippen LogP) is 2.02. The minimum absolute atomic E-state index is 0.502. The van der Waals surface area contributed by atoms with Gasteiger partial charge in [-0.25, -0.2) is 0 Å². The van der Waals surface area contributed by atoms with E-state index in [4.69, 9.17) is 0 Å². The first-order valence-electron chi connectivity index (χ1n) is 8.03. The molecule has 0 aromatic heterocycles. The van der Waals surface area contributed by atoms with Crippen LogP contribution < -0.4 is 4.90 Å². The van der Waals surface area contributed by atoms with Crippen molar-refractivity contribution in [2.75, 3.05) is 6.54 Å². The van der Waals surface area contributed by atoms with Gasteiger partial charge in [0.25, 0.3) is 0 Å². The molecule has 21 heavy (non-hydrogen) atoms. The summed E-state index contributed by atoms with van der Waals surface area (Å²) in [4.78, 5) is 1.56. The number of hydrogen-bond acceptors (Lipinski definition) is 1. The summed E-state index contributed by atoms with van der Waals surface area (Å²) in [5, 5.41) is 10.3. The average molecular weight is 280 g/mol. The number of rotatable bonds is 2. The summed E-state index contributed by atoms with van der Waals surface area (Å²) >= 11 is 0. The Hall–Kier alpha value is -1.80. The molecule has 0 spiro atoms. The molecule has 2 aromatic rings. The zero-order chi connectivity index (χ0) is 14.2. The third-order valence-corrected chi connectivity index (χ3v) is 5.04. The number of aromatic hydroxyl groups is 1. The first kappa shape index (κ1) is 12.9. The van der Waals surface area contributed by atoms with Crippen molar-refractivity contribution in [3.63, 3.8) is 0 Å². The maximum absolute atomic E-state index is 10.3. The molecule has 1 aliphatic heterocycles. The van der Waals surface area contributed by atoms with Gasteiger partial charge in [-0.1, -0.05) is 24.3 Å². The second-order valence-corrected chi connectivity index (χ2v) is 6.48. The Balaban J connectivity index is 1.55. The van der Waals surface area contributed by atoms with Gasteiger partial charge in [0.15, 0.2) is 0 Å². The number of benzene rings is 2. The highest BCUT2D eigenvalue weighted by Gasteiger charge is 2.22. The summed E-state index contributed by atoms with van der Waals surface area (Å²) in [6.45, 7) is 3.17. The van der Waals surface area contributed by atoms with E-state index < -0.39 is 0 Å². The lowest BCUT2D eigenvalue weighted by Gasteiger charge is -2.26. The topological polar surface area (TPSA) is 24.7 Å². The Morgan fingerprint density at radius 2 is 1.67 bits per heavy atom. The van der Waals surface area contributed by atoms with Crippen molar-refractivity contribution < 1.29 is 10.0 Å². The summed E-state index contributed by atoms with van der Waals surface area (Å²) in [5.74, 6) is 0.502. The van der Waals surface area contributed by atoms with Crippen LogP contribution in [-0.2, 0) is 32.4 Å². The zero-order valence-electron chi connectivity index (χ0n) is 12.4. The number of quaternary nitrogens is 1. The molecule has 1 aliphatic carbocycles. The number of phenols is 1. The van der Waals surface area contributed by atoms with Gasteiger partial charge in [-0.05, 0) is 48.1 Å². The molecule has 1 unspecified atom stereocenters. The largest absolute Gasteiger partial charge is 0.507 e. The normalized spacial score (nSPS) is 20.1. The lowest BCUT2D eigenvalue weighted by Crippen LogP contribution is -3.10. The molecule has 1 heterocycles. The number of hydrogen-bond donors (Lipinski definition) is 2. The van der Waals surface area contributed by atoms with E-state index in [2.05, 4.69) is 30.3 Å². The average Bonchev–Trinajstić information content (AvgIpc) is 2.94. The highest BCUT2D eigenvalue weighted by atomic mass is 16.3. The summed E-state index contributed by atoms with van der Waals surface area (Å²) in [6.07, 6.45) is 4.70. The van der Waals surface area contributed by atoms with Crippen LogP contribution in [0.15, 0.2) is 36.4 Å².